The molecule has 1 aromatic rings. The van der Waals surface area contributed by atoms with Crippen LogP contribution in [0.15, 0.2) is 30.0 Å². The third-order valence-corrected chi connectivity index (χ3v) is 14.7. The molecule has 0 bridgehead atoms. The van der Waals surface area contributed by atoms with Gasteiger partial charge in [-0.3, -0.25) is 0 Å². The molecule has 292 valence electrons. The lowest BCUT2D eigenvalue weighted by molar-refractivity contribution is -0.0205. The highest BCUT2D eigenvalue weighted by Crippen LogP contribution is 2.42. The summed E-state index contributed by atoms with van der Waals surface area (Å²) in [6.45, 7) is 20.2. The van der Waals surface area contributed by atoms with Crippen molar-refractivity contribution < 1.29 is 43.1 Å². The van der Waals surface area contributed by atoms with Crippen LogP contribution in [-0.4, -0.2) is 72.4 Å². The van der Waals surface area contributed by atoms with Gasteiger partial charge in [0.25, 0.3) is 0 Å². The van der Waals surface area contributed by atoms with Gasteiger partial charge in [0, 0.05) is 39.2 Å². The molecule has 0 saturated carbocycles. The van der Waals surface area contributed by atoms with Crippen molar-refractivity contribution in [1.29, 1.82) is 0 Å². The number of hydrogen-bond donors (Lipinski definition) is 2. The van der Waals surface area contributed by atoms with E-state index >= 15 is 0 Å². The van der Waals surface area contributed by atoms with Crippen LogP contribution in [0.5, 0.6) is 11.5 Å². The highest BCUT2D eigenvalue weighted by atomic mass is 28.4. The average Bonchev–Trinajstić information content (AvgIpc) is 3.09. The summed E-state index contributed by atoms with van der Waals surface area (Å²) in [6, 6.07) is 8.70. The first-order valence-corrected chi connectivity index (χ1v) is 21.5. The van der Waals surface area contributed by atoms with E-state index in [1.54, 1.807) is 21.3 Å². The summed E-state index contributed by atoms with van der Waals surface area (Å²) in [4.78, 5) is 0. The number of rotatable bonds is 29. The SMILES string of the molecule is C/C=C(/OCOC)[C@H](C)C[C@@H](C)C[C@H](C)CC[C@@H](O)C[C@@H](O)[C@H](CC(C)C)[C@@H](O[Si](CC)(CC)CC)c1cc(OCOC)cc(OCOC)c1. The van der Waals surface area contributed by atoms with Crippen LogP contribution in [0.1, 0.15) is 113 Å². The third kappa shape index (κ3) is 16.8. The van der Waals surface area contributed by atoms with Crippen LogP contribution in [-0.2, 0) is 23.4 Å². The van der Waals surface area contributed by atoms with Crippen LogP contribution in [0, 0.1) is 29.6 Å². The molecule has 10 heteroatoms. The van der Waals surface area contributed by atoms with Crippen molar-refractivity contribution in [3.05, 3.63) is 35.6 Å². The summed E-state index contributed by atoms with van der Waals surface area (Å²) < 4.78 is 40.3. The Morgan fingerprint density at radius 2 is 1.28 bits per heavy atom. The van der Waals surface area contributed by atoms with E-state index in [1.165, 1.54) is 0 Å². The van der Waals surface area contributed by atoms with E-state index in [9.17, 15) is 10.2 Å². The molecule has 0 unspecified atom stereocenters. The molecule has 2 N–H and O–H groups in total. The average molecular weight is 727 g/mol. The van der Waals surface area contributed by atoms with Gasteiger partial charge in [0.05, 0.1) is 24.1 Å². The number of allylic oxidation sites excluding steroid dienone is 2. The Bertz CT molecular complexity index is 1010. The lowest BCUT2D eigenvalue weighted by atomic mass is 9.81. The summed E-state index contributed by atoms with van der Waals surface area (Å²) in [7, 11) is 2.67. The van der Waals surface area contributed by atoms with Crippen LogP contribution in [0.2, 0.25) is 18.1 Å². The summed E-state index contributed by atoms with van der Waals surface area (Å²) in [5, 5.41) is 23.3. The van der Waals surface area contributed by atoms with Gasteiger partial charge in [-0.15, -0.1) is 0 Å². The molecule has 7 atom stereocenters. The predicted molar refractivity (Wildman–Crippen MR) is 205 cm³/mol. The normalized spacial score (nSPS) is 16.8. The Labute approximate surface area is 306 Å². The zero-order chi connectivity index (χ0) is 37.7. The Balaban J connectivity index is 3.24. The minimum absolute atomic E-state index is 0.0936. The standard InChI is InChI=1S/C40H74O9Si/c1-13-39(48-28-45-12)32(9)21-31(8)20-30(7)17-18-34(41)24-38(42)37(19-29(5)6)40(49-50(14-2,15-3)16-4)33-22-35(46-26-43-10)25-36(23-33)47-27-44-11/h13,22-23,25,29-32,34,37-38,40-42H,14-21,24,26-28H2,1-12H3/b39-13+/t30-,31+,32-,34-,37+,38-,40+/m1/s1. The van der Waals surface area contributed by atoms with E-state index in [4.69, 9.17) is 32.8 Å². The van der Waals surface area contributed by atoms with Gasteiger partial charge in [-0.1, -0.05) is 55.4 Å². The van der Waals surface area contributed by atoms with Crippen molar-refractivity contribution in [2.24, 2.45) is 29.6 Å². The Hall–Kier alpha value is -1.66. The zero-order valence-corrected chi connectivity index (χ0v) is 34.7. The number of benzene rings is 1. The van der Waals surface area contributed by atoms with Gasteiger partial charge in [-0.2, -0.15) is 0 Å². The second-order valence-corrected chi connectivity index (χ2v) is 19.5. The quantitative estimate of drug-likeness (QED) is 0.0475. The van der Waals surface area contributed by atoms with Crippen LogP contribution in [0.25, 0.3) is 0 Å². The summed E-state index contributed by atoms with van der Waals surface area (Å²) in [5.74, 6) is 3.51. The number of methoxy groups -OCH3 is 3. The third-order valence-electron chi connectivity index (χ3n) is 10.0. The maximum atomic E-state index is 12.0. The highest BCUT2D eigenvalue weighted by molar-refractivity contribution is 6.73. The maximum Gasteiger partial charge on any atom is 0.192 e. The van der Waals surface area contributed by atoms with Crippen molar-refractivity contribution in [3.63, 3.8) is 0 Å². The van der Waals surface area contributed by atoms with Gasteiger partial charge < -0.3 is 43.1 Å². The lowest BCUT2D eigenvalue weighted by Gasteiger charge is -2.40. The Kier molecular flexibility index (Phi) is 23.5. The molecule has 0 aliphatic rings. The summed E-state index contributed by atoms with van der Waals surface area (Å²) in [6.07, 6.45) is 4.92. The first-order chi connectivity index (χ1) is 23.8. The fourth-order valence-electron chi connectivity index (χ4n) is 7.18. The van der Waals surface area contributed by atoms with Crippen LogP contribution in [0.3, 0.4) is 0 Å². The molecule has 50 heavy (non-hydrogen) atoms. The van der Waals surface area contributed by atoms with E-state index in [2.05, 4.69) is 55.4 Å². The van der Waals surface area contributed by atoms with Crippen LogP contribution in [0.4, 0.5) is 0 Å². The molecule has 0 fully saturated rings. The minimum Gasteiger partial charge on any atom is -0.472 e. The molecular weight excluding hydrogens is 653 g/mol. The van der Waals surface area contributed by atoms with Crippen LogP contribution >= 0.6 is 0 Å². The van der Waals surface area contributed by atoms with Gasteiger partial charge in [0.1, 0.15) is 11.5 Å². The van der Waals surface area contributed by atoms with Gasteiger partial charge in [0.15, 0.2) is 28.7 Å². The van der Waals surface area contributed by atoms with E-state index in [0.29, 0.717) is 48.0 Å². The highest BCUT2D eigenvalue weighted by Gasteiger charge is 2.39. The molecule has 1 rings (SSSR count). The lowest BCUT2D eigenvalue weighted by Crippen LogP contribution is -2.42. The molecule has 0 radical (unpaired) electrons. The fourth-order valence-corrected chi connectivity index (χ4v) is 10.0. The van der Waals surface area contributed by atoms with E-state index in [1.807, 2.05) is 31.2 Å². The van der Waals surface area contributed by atoms with Gasteiger partial charge in [-0.05, 0) is 105 Å². The zero-order valence-electron chi connectivity index (χ0n) is 33.7. The Morgan fingerprint density at radius 3 is 1.76 bits per heavy atom. The second kappa shape index (κ2) is 25.3. The van der Waals surface area contributed by atoms with E-state index < -0.39 is 26.6 Å². The second-order valence-electron chi connectivity index (χ2n) is 14.8. The first-order valence-electron chi connectivity index (χ1n) is 19.0. The molecule has 0 saturated heterocycles. The topological polar surface area (TPSA) is 105 Å². The molecule has 1 aromatic carbocycles. The van der Waals surface area contributed by atoms with Crippen molar-refractivity contribution in [2.75, 3.05) is 41.7 Å². The smallest absolute Gasteiger partial charge is 0.192 e. The number of aliphatic hydroxyl groups excluding tert-OH is 2. The van der Waals surface area contributed by atoms with Gasteiger partial charge in [-0.25, -0.2) is 0 Å². The van der Waals surface area contributed by atoms with Crippen molar-refractivity contribution in [3.8, 4) is 11.5 Å². The largest absolute Gasteiger partial charge is 0.472 e. The molecule has 0 aliphatic heterocycles. The maximum absolute atomic E-state index is 12.0. The molecule has 0 spiro atoms. The summed E-state index contributed by atoms with van der Waals surface area (Å²) >= 11 is 0. The minimum atomic E-state index is -2.14. The van der Waals surface area contributed by atoms with Crippen molar-refractivity contribution >= 4 is 8.32 Å². The molecular formula is C40H74O9Si. The van der Waals surface area contributed by atoms with Gasteiger partial charge in [0.2, 0.25) is 0 Å². The molecule has 0 aromatic heterocycles. The van der Waals surface area contributed by atoms with Crippen molar-refractivity contribution in [1.82, 2.24) is 0 Å². The number of hydrogen-bond acceptors (Lipinski definition) is 9. The number of aliphatic hydroxyl groups is 2. The van der Waals surface area contributed by atoms with Crippen molar-refractivity contribution in [2.45, 2.75) is 137 Å². The molecule has 0 aliphatic carbocycles. The fraction of sp³-hybridized carbons (Fsp3) is 0.800. The van der Waals surface area contributed by atoms with Crippen LogP contribution < -0.4 is 9.47 Å². The molecule has 9 nitrogen and oxygen atoms in total. The van der Waals surface area contributed by atoms with Gasteiger partial charge >= 0.3 is 0 Å². The predicted octanol–water partition coefficient (Wildman–Crippen LogP) is 9.48. The first kappa shape index (κ1) is 46.4. The monoisotopic (exact) mass is 727 g/mol. The molecule has 0 amide bonds. The molecule has 0 heterocycles. The Morgan fingerprint density at radius 1 is 0.720 bits per heavy atom. The van der Waals surface area contributed by atoms with E-state index in [-0.39, 0.29) is 26.3 Å². The van der Waals surface area contributed by atoms with E-state index in [0.717, 1.165) is 55.1 Å². The number of ether oxygens (including phenoxy) is 6. The summed E-state index contributed by atoms with van der Waals surface area (Å²) in [5.41, 5.74) is 0.890.